The molecule has 0 aliphatic rings. The second-order valence-electron chi connectivity index (χ2n) is 4.09. The monoisotopic (exact) mass is 290 g/mol. The van der Waals surface area contributed by atoms with Gasteiger partial charge in [0.15, 0.2) is 11.6 Å². The van der Waals surface area contributed by atoms with Crippen LogP contribution in [0.4, 0.5) is 8.78 Å². The summed E-state index contributed by atoms with van der Waals surface area (Å²) < 4.78 is 26.8. The van der Waals surface area contributed by atoms with Crippen LogP contribution in [-0.4, -0.2) is 4.83 Å². The lowest BCUT2D eigenvalue weighted by Gasteiger charge is -2.09. The maximum Gasteiger partial charge on any atom is 0.162 e. The van der Waals surface area contributed by atoms with Gasteiger partial charge < -0.3 is 0 Å². The largest absolute Gasteiger partial charge is 0.203 e. The van der Waals surface area contributed by atoms with Gasteiger partial charge in [-0.15, -0.1) is 0 Å². The molecule has 1 atom stereocenters. The van der Waals surface area contributed by atoms with E-state index in [2.05, 4.69) is 22.9 Å². The van der Waals surface area contributed by atoms with E-state index in [1.54, 1.807) is 19.1 Å². The fourth-order valence-corrected chi connectivity index (χ4v) is 2.34. The second kappa shape index (κ2) is 6.33. The zero-order valence-electron chi connectivity index (χ0n) is 9.69. The Hall–Kier alpha value is -0.440. The van der Waals surface area contributed by atoms with Gasteiger partial charge in [-0.2, -0.15) is 0 Å². The van der Waals surface area contributed by atoms with Gasteiger partial charge in [-0.1, -0.05) is 41.4 Å². The number of aryl methyl sites for hydroxylation is 2. The summed E-state index contributed by atoms with van der Waals surface area (Å²) in [7, 11) is 0. The first-order chi connectivity index (χ1) is 7.56. The Morgan fingerprint density at radius 2 is 1.88 bits per heavy atom. The van der Waals surface area contributed by atoms with Crippen LogP contribution in [0.2, 0.25) is 0 Å². The van der Waals surface area contributed by atoms with Gasteiger partial charge in [0.05, 0.1) is 0 Å². The van der Waals surface area contributed by atoms with E-state index in [1.165, 1.54) is 0 Å². The van der Waals surface area contributed by atoms with Crippen molar-refractivity contribution in [1.29, 1.82) is 0 Å². The molecule has 0 radical (unpaired) electrons. The quantitative estimate of drug-likeness (QED) is 0.685. The van der Waals surface area contributed by atoms with Crippen LogP contribution in [0.5, 0.6) is 0 Å². The van der Waals surface area contributed by atoms with E-state index in [4.69, 9.17) is 0 Å². The Labute approximate surface area is 104 Å². The minimum absolute atomic E-state index is 0.366. The van der Waals surface area contributed by atoms with Gasteiger partial charge in [-0.3, -0.25) is 0 Å². The molecule has 0 N–H and O–H groups in total. The predicted octanol–water partition coefficient (Wildman–Crippen LogP) is 4.77. The SMILES string of the molecule is CCCC(Br)CCc1ccc(C)c(F)c1F. The number of hydrogen-bond acceptors (Lipinski definition) is 0. The highest BCUT2D eigenvalue weighted by Gasteiger charge is 2.12. The second-order valence-corrected chi connectivity index (χ2v) is 5.39. The number of rotatable bonds is 5. The van der Waals surface area contributed by atoms with Gasteiger partial charge in [-0.25, -0.2) is 8.78 Å². The minimum Gasteiger partial charge on any atom is -0.203 e. The summed E-state index contributed by atoms with van der Waals surface area (Å²) in [6, 6.07) is 3.32. The number of hydrogen-bond donors (Lipinski definition) is 0. The highest BCUT2D eigenvalue weighted by Crippen LogP contribution is 2.20. The molecule has 0 bridgehead atoms. The van der Waals surface area contributed by atoms with E-state index in [1.807, 2.05) is 0 Å². The minimum atomic E-state index is -0.709. The Bertz CT molecular complexity index is 350. The number of benzene rings is 1. The third-order valence-corrected chi connectivity index (χ3v) is 3.60. The summed E-state index contributed by atoms with van der Waals surface area (Å²) in [5.41, 5.74) is 0.842. The number of alkyl halides is 1. The van der Waals surface area contributed by atoms with Crippen LogP contribution in [0, 0.1) is 18.6 Å². The molecule has 1 aromatic rings. The zero-order valence-corrected chi connectivity index (χ0v) is 11.3. The summed E-state index contributed by atoms with van der Waals surface area (Å²) in [4.78, 5) is 0.390. The molecule has 1 aromatic carbocycles. The van der Waals surface area contributed by atoms with Crippen LogP contribution in [0.15, 0.2) is 12.1 Å². The predicted molar refractivity (Wildman–Crippen MR) is 67.0 cm³/mol. The Balaban J connectivity index is 2.64. The molecule has 0 saturated heterocycles. The highest BCUT2D eigenvalue weighted by atomic mass is 79.9. The zero-order chi connectivity index (χ0) is 12.1. The first-order valence-corrected chi connectivity index (χ1v) is 6.55. The van der Waals surface area contributed by atoms with Crippen molar-refractivity contribution in [3.8, 4) is 0 Å². The fraction of sp³-hybridized carbons (Fsp3) is 0.538. The van der Waals surface area contributed by atoms with Crippen LogP contribution in [0.25, 0.3) is 0 Å². The molecule has 0 saturated carbocycles. The summed E-state index contributed by atoms with van der Waals surface area (Å²) in [6.45, 7) is 3.69. The maximum atomic E-state index is 13.5. The molecular formula is C13H17BrF2. The lowest BCUT2D eigenvalue weighted by Crippen LogP contribution is -2.03. The van der Waals surface area contributed by atoms with Crippen LogP contribution in [0.3, 0.4) is 0 Å². The Kier molecular flexibility index (Phi) is 5.39. The van der Waals surface area contributed by atoms with Crippen LogP contribution in [-0.2, 0) is 6.42 Å². The molecule has 0 spiro atoms. The third kappa shape index (κ3) is 3.55. The van der Waals surface area contributed by atoms with Crippen molar-refractivity contribution >= 4 is 15.9 Å². The van der Waals surface area contributed by atoms with Crippen LogP contribution < -0.4 is 0 Å². The fourth-order valence-electron chi connectivity index (χ4n) is 1.65. The average molecular weight is 291 g/mol. The van der Waals surface area contributed by atoms with E-state index < -0.39 is 11.6 Å². The van der Waals surface area contributed by atoms with Crippen LogP contribution in [0.1, 0.15) is 37.3 Å². The van der Waals surface area contributed by atoms with E-state index in [-0.39, 0.29) is 0 Å². The molecule has 0 aromatic heterocycles. The Morgan fingerprint density at radius 3 is 2.50 bits per heavy atom. The number of halogens is 3. The molecule has 1 unspecified atom stereocenters. The van der Waals surface area contributed by atoms with Crippen molar-refractivity contribution < 1.29 is 8.78 Å². The van der Waals surface area contributed by atoms with E-state index in [9.17, 15) is 8.78 Å². The van der Waals surface area contributed by atoms with Gasteiger partial charge in [-0.05, 0) is 37.3 Å². The lowest BCUT2D eigenvalue weighted by molar-refractivity contribution is 0.491. The van der Waals surface area contributed by atoms with Crippen molar-refractivity contribution in [3.63, 3.8) is 0 Å². The van der Waals surface area contributed by atoms with Gasteiger partial charge >= 0.3 is 0 Å². The highest BCUT2D eigenvalue weighted by molar-refractivity contribution is 9.09. The standard InChI is InChI=1S/C13H17BrF2/c1-3-4-11(14)8-7-10-6-5-9(2)12(15)13(10)16/h5-6,11H,3-4,7-8H2,1-2H3. The van der Waals surface area contributed by atoms with Crippen molar-refractivity contribution in [2.45, 2.75) is 44.4 Å². The van der Waals surface area contributed by atoms with Crippen LogP contribution >= 0.6 is 15.9 Å². The summed E-state index contributed by atoms with van der Waals surface area (Å²) >= 11 is 3.54. The summed E-state index contributed by atoms with van der Waals surface area (Å²) in [5.74, 6) is -1.39. The molecule has 16 heavy (non-hydrogen) atoms. The van der Waals surface area contributed by atoms with Crippen molar-refractivity contribution in [2.24, 2.45) is 0 Å². The molecule has 1 rings (SSSR count). The Morgan fingerprint density at radius 1 is 1.19 bits per heavy atom. The third-order valence-electron chi connectivity index (χ3n) is 2.68. The summed E-state index contributed by atoms with van der Waals surface area (Å²) in [6.07, 6.45) is 3.59. The maximum absolute atomic E-state index is 13.5. The van der Waals surface area contributed by atoms with Crippen molar-refractivity contribution in [1.82, 2.24) is 0 Å². The molecular weight excluding hydrogens is 274 g/mol. The molecule has 0 amide bonds. The molecule has 0 aliphatic carbocycles. The normalized spacial score (nSPS) is 12.8. The molecule has 3 heteroatoms. The molecule has 0 aliphatic heterocycles. The molecule has 0 heterocycles. The van der Waals surface area contributed by atoms with Crippen molar-refractivity contribution in [2.75, 3.05) is 0 Å². The van der Waals surface area contributed by atoms with Crippen molar-refractivity contribution in [3.05, 3.63) is 34.9 Å². The van der Waals surface area contributed by atoms with Gasteiger partial charge in [0.2, 0.25) is 0 Å². The van der Waals surface area contributed by atoms with E-state index in [0.29, 0.717) is 22.4 Å². The lowest BCUT2D eigenvalue weighted by atomic mass is 10.0. The van der Waals surface area contributed by atoms with E-state index >= 15 is 0 Å². The first kappa shape index (κ1) is 13.6. The van der Waals surface area contributed by atoms with Gasteiger partial charge in [0.25, 0.3) is 0 Å². The van der Waals surface area contributed by atoms with E-state index in [0.717, 1.165) is 19.3 Å². The average Bonchev–Trinajstić information content (AvgIpc) is 2.25. The van der Waals surface area contributed by atoms with Gasteiger partial charge in [0, 0.05) is 4.83 Å². The van der Waals surface area contributed by atoms with Gasteiger partial charge in [0.1, 0.15) is 0 Å². The molecule has 0 fully saturated rings. The smallest absolute Gasteiger partial charge is 0.162 e. The topological polar surface area (TPSA) is 0 Å². The summed E-state index contributed by atoms with van der Waals surface area (Å²) in [5, 5.41) is 0. The first-order valence-electron chi connectivity index (χ1n) is 5.63. The molecule has 90 valence electrons. The molecule has 0 nitrogen and oxygen atoms in total.